The van der Waals surface area contributed by atoms with Crippen LogP contribution in [-0.4, -0.2) is 33.8 Å². The number of hydrogen-bond acceptors (Lipinski definition) is 7. The maximum absolute atomic E-state index is 5.46. The lowest BCUT2D eigenvalue weighted by Crippen LogP contribution is -2.25. The lowest BCUT2D eigenvalue weighted by Gasteiger charge is -2.19. The first kappa shape index (κ1) is 15.3. The van der Waals surface area contributed by atoms with Gasteiger partial charge < -0.3 is 4.90 Å². The number of nitrogens with zero attached hydrogens (tertiary/aromatic N) is 4. The fourth-order valence-corrected chi connectivity index (χ4v) is 3.51. The first-order valence-electron chi connectivity index (χ1n) is 7.37. The Morgan fingerprint density at radius 1 is 1.20 bits per heavy atom. The molecule has 1 fully saturated rings. The highest BCUT2D eigenvalue weighted by molar-refractivity contribution is 7.99. The summed E-state index contributed by atoms with van der Waals surface area (Å²) in [5.74, 6) is 8.50. The molecule has 2 rings (SSSR count). The number of hydrazine groups is 1. The minimum absolute atomic E-state index is 0.441. The number of anilines is 2. The molecule has 0 atom stereocenters. The van der Waals surface area contributed by atoms with Crippen molar-refractivity contribution in [1.82, 2.24) is 15.0 Å². The number of hydrogen-bond donors (Lipinski definition) is 2. The average molecular weight is 296 g/mol. The van der Waals surface area contributed by atoms with Gasteiger partial charge in [-0.05, 0) is 32.6 Å². The molecular formula is C13H24N6S. The third kappa shape index (κ3) is 3.96. The van der Waals surface area contributed by atoms with Crippen molar-refractivity contribution >= 4 is 23.7 Å². The quantitative estimate of drug-likeness (QED) is 0.454. The third-order valence-corrected chi connectivity index (χ3v) is 4.78. The van der Waals surface area contributed by atoms with Crippen LogP contribution >= 0.6 is 11.8 Å². The Balaban J connectivity index is 2.08. The van der Waals surface area contributed by atoms with E-state index >= 15 is 0 Å². The molecular weight excluding hydrogens is 272 g/mol. The summed E-state index contributed by atoms with van der Waals surface area (Å²) in [4.78, 5) is 15.3. The smallest absolute Gasteiger partial charge is 0.242 e. The van der Waals surface area contributed by atoms with Gasteiger partial charge in [-0.25, -0.2) is 5.84 Å². The summed E-state index contributed by atoms with van der Waals surface area (Å²) in [6.07, 6.45) is 5.40. The van der Waals surface area contributed by atoms with Gasteiger partial charge in [0.2, 0.25) is 11.9 Å². The first-order chi connectivity index (χ1) is 9.76. The van der Waals surface area contributed by atoms with Gasteiger partial charge in [0, 0.05) is 18.8 Å². The monoisotopic (exact) mass is 296 g/mol. The van der Waals surface area contributed by atoms with Crippen molar-refractivity contribution in [2.75, 3.05) is 29.2 Å². The standard InChI is InChI=1S/C13H24N6S/c1-3-19(4-2)12-15-11(18-14)16-13(17-12)20-9-10-7-5-6-8-10/h10H,3-9,14H2,1-2H3,(H,15,16,17,18). The zero-order valence-corrected chi connectivity index (χ0v) is 13.1. The molecule has 1 aliphatic carbocycles. The predicted octanol–water partition coefficient (Wildman–Crippen LogP) is 2.29. The second kappa shape index (κ2) is 7.64. The second-order valence-electron chi connectivity index (χ2n) is 5.02. The number of thioether (sulfide) groups is 1. The fourth-order valence-electron chi connectivity index (χ4n) is 2.49. The second-order valence-corrected chi connectivity index (χ2v) is 6.01. The molecule has 1 heterocycles. The van der Waals surface area contributed by atoms with Crippen LogP contribution in [0.15, 0.2) is 5.16 Å². The van der Waals surface area contributed by atoms with Gasteiger partial charge in [-0.15, -0.1) is 0 Å². The van der Waals surface area contributed by atoms with Gasteiger partial charge in [0.05, 0.1) is 0 Å². The molecule has 7 heteroatoms. The van der Waals surface area contributed by atoms with Crippen LogP contribution in [0.4, 0.5) is 11.9 Å². The highest BCUT2D eigenvalue weighted by Gasteiger charge is 2.17. The summed E-state index contributed by atoms with van der Waals surface area (Å²) in [6.45, 7) is 5.93. The van der Waals surface area contributed by atoms with Gasteiger partial charge in [-0.2, -0.15) is 15.0 Å². The summed E-state index contributed by atoms with van der Waals surface area (Å²) in [5.41, 5.74) is 2.54. The highest BCUT2D eigenvalue weighted by atomic mass is 32.2. The Morgan fingerprint density at radius 2 is 1.90 bits per heavy atom. The molecule has 0 unspecified atom stereocenters. The number of nitrogens with one attached hydrogen (secondary N) is 1. The van der Waals surface area contributed by atoms with Crippen LogP contribution in [0.3, 0.4) is 0 Å². The molecule has 0 aliphatic heterocycles. The molecule has 0 saturated heterocycles. The topological polar surface area (TPSA) is 80.0 Å². The Kier molecular flexibility index (Phi) is 5.85. The minimum atomic E-state index is 0.441. The molecule has 20 heavy (non-hydrogen) atoms. The number of aromatic nitrogens is 3. The number of rotatable bonds is 7. The molecule has 1 aliphatic rings. The van der Waals surface area contributed by atoms with E-state index in [-0.39, 0.29) is 0 Å². The normalized spacial score (nSPS) is 15.6. The predicted molar refractivity (Wildman–Crippen MR) is 83.9 cm³/mol. The molecule has 1 aromatic rings. The van der Waals surface area contributed by atoms with Crippen LogP contribution in [0.5, 0.6) is 0 Å². The van der Waals surface area contributed by atoms with Gasteiger partial charge >= 0.3 is 0 Å². The summed E-state index contributed by atoms with van der Waals surface area (Å²) in [6, 6.07) is 0. The summed E-state index contributed by atoms with van der Waals surface area (Å²) in [5, 5.41) is 0.766. The van der Waals surface area contributed by atoms with E-state index in [1.54, 1.807) is 11.8 Å². The van der Waals surface area contributed by atoms with E-state index in [4.69, 9.17) is 5.84 Å². The van der Waals surface area contributed by atoms with Crippen LogP contribution in [0.1, 0.15) is 39.5 Å². The average Bonchev–Trinajstić information content (AvgIpc) is 2.99. The van der Waals surface area contributed by atoms with Gasteiger partial charge in [-0.1, -0.05) is 24.6 Å². The molecule has 0 amide bonds. The Hall–Kier alpha value is -1.08. The van der Waals surface area contributed by atoms with Crippen molar-refractivity contribution < 1.29 is 0 Å². The molecule has 6 nitrogen and oxygen atoms in total. The number of nitrogen functional groups attached to an aromatic ring is 1. The minimum Gasteiger partial charge on any atom is -0.341 e. The molecule has 3 N–H and O–H groups in total. The summed E-state index contributed by atoms with van der Waals surface area (Å²) < 4.78 is 0. The van der Waals surface area contributed by atoms with Gasteiger partial charge in [-0.3, -0.25) is 5.43 Å². The van der Waals surface area contributed by atoms with E-state index in [1.807, 2.05) is 0 Å². The van der Waals surface area contributed by atoms with Gasteiger partial charge in [0.1, 0.15) is 0 Å². The van der Waals surface area contributed by atoms with Crippen molar-refractivity contribution in [3.05, 3.63) is 0 Å². The molecule has 0 radical (unpaired) electrons. The Labute approximate surface area is 124 Å². The molecule has 1 aromatic heterocycles. The zero-order chi connectivity index (χ0) is 14.4. The molecule has 1 saturated carbocycles. The van der Waals surface area contributed by atoms with Crippen molar-refractivity contribution in [2.45, 2.75) is 44.7 Å². The Morgan fingerprint density at radius 3 is 2.50 bits per heavy atom. The van der Waals surface area contributed by atoms with E-state index in [9.17, 15) is 0 Å². The number of nitrogens with two attached hydrogens (primary N) is 1. The molecule has 0 spiro atoms. The zero-order valence-electron chi connectivity index (χ0n) is 12.3. The molecule has 0 aromatic carbocycles. The summed E-state index contributed by atoms with van der Waals surface area (Å²) >= 11 is 1.72. The van der Waals surface area contributed by atoms with Crippen LogP contribution in [-0.2, 0) is 0 Å². The van der Waals surface area contributed by atoms with Gasteiger partial charge in [0.15, 0.2) is 5.16 Å². The molecule has 0 bridgehead atoms. The van der Waals surface area contributed by atoms with E-state index < -0.39 is 0 Å². The van der Waals surface area contributed by atoms with E-state index in [0.717, 1.165) is 29.9 Å². The molecule has 112 valence electrons. The van der Waals surface area contributed by atoms with E-state index in [0.29, 0.717) is 11.9 Å². The highest BCUT2D eigenvalue weighted by Crippen LogP contribution is 2.30. The van der Waals surface area contributed by atoms with Crippen molar-refractivity contribution in [3.8, 4) is 0 Å². The van der Waals surface area contributed by atoms with Crippen LogP contribution in [0.2, 0.25) is 0 Å². The fraction of sp³-hybridized carbons (Fsp3) is 0.769. The lowest BCUT2D eigenvalue weighted by molar-refractivity contribution is 0.622. The Bertz CT molecular complexity index is 417. The van der Waals surface area contributed by atoms with Crippen LogP contribution in [0.25, 0.3) is 0 Å². The van der Waals surface area contributed by atoms with Crippen LogP contribution in [0, 0.1) is 5.92 Å². The first-order valence-corrected chi connectivity index (χ1v) is 8.35. The van der Waals surface area contributed by atoms with Gasteiger partial charge in [0.25, 0.3) is 0 Å². The van der Waals surface area contributed by atoms with Crippen molar-refractivity contribution in [2.24, 2.45) is 11.8 Å². The van der Waals surface area contributed by atoms with E-state index in [1.165, 1.54) is 25.7 Å². The maximum Gasteiger partial charge on any atom is 0.242 e. The van der Waals surface area contributed by atoms with Crippen molar-refractivity contribution in [3.63, 3.8) is 0 Å². The van der Waals surface area contributed by atoms with Crippen molar-refractivity contribution in [1.29, 1.82) is 0 Å². The SMILES string of the molecule is CCN(CC)c1nc(NN)nc(SCC2CCCC2)n1. The lowest BCUT2D eigenvalue weighted by atomic mass is 10.1. The maximum atomic E-state index is 5.46. The summed E-state index contributed by atoms with van der Waals surface area (Å²) in [7, 11) is 0. The third-order valence-electron chi connectivity index (χ3n) is 3.70. The largest absolute Gasteiger partial charge is 0.341 e. The van der Waals surface area contributed by atoms with Crippen LogP contribution < -0.4 is 16.2 Å². The van der Waals surface area contributed by atoms with E-state index in [2.05, 4.69) is 39.1 Å².